The number of aromatic nitrogens is 1. The monoisotopic (exact) mass is 391 g/mol. The van der Waals surface area contributed by atoms with Crippen molar-refractivity contribution in [3.05, 3.63) is 58.9 Å². The first-order valence-corrected chi connectivity index (χ1v) is 8.84. The van der Waals surface area contributed by atoms with Crippen LogP contribution in [0.4, 0.5) is 4.79 Å². The highest BCUT2D eigenvalue weighted by Crippen LogP contribution is 2.31. The standard InChI is InChI=1S/C19H18ClNO6/c1-11(20)27-19(25)26-10-12-2-4-13(5-3-12)17(22)16-7-6-15-14(18(23)24)8-9-21(15)16/h2-7,11,14H,8-10H2,1H3,(H,23,24). The van der Waals surface area contributed by atoms with Gasteiger partial charge in [0.25, 0.3) is 0 Å². The highest BCUT2D eigenvalue weighted by Gasteiger charge is 2.31. The van der Waals surface area contributed by atoms with E-state index in [0.717, 1.165) is 0 Å². The van der Waals surface area contributed by atoms with Crippen molar-refractivity contribution in [3.63, 3.8) is 0 Å². The van der Waals surface area contributed by atoms with Crippen LogP contribution in [0.2, 0.25) is 0 Å². The maximum absolute atomic E-state index is 12.8. The second kappa shape index (κ2) is 7.84. The van der Waals surface area contributed by atoms with Gasteiger partial charge in [-0.3, -0.25) is 9.59 Å². The quantitative estimate of drug-likeness (QED) is 0.460. The number of benzene rings is 1. The fraction of sp³-hybridized carbons (Fsp3) is 0.316. The molecule has 1 aliphatic rings. The minimum atomic E-state index is -0.878. The fourth-order valence-corrected chi connectivity index (χ4v) is 3.17. The number of fused-ring (bicyclic) bond motifs is 1. The zero-order valence-electron chi connectivity index (χ0n) is 14.6. The van der Waals surface area contributed by atoms with Crippen LogP contribution >= 0.6 is 11.6 Å². The smallest absolute Gasteiger partial charge is 0.481 e. The van der Waals surface area contributed by atoms with Crippen LogP contribution in [-0.4, -0.2) is 33.1 Å². The van der Waals surface area contributed by atoms with Crippen molar-refractivity contribution in [2.45, 2.75) is 38.0 Å². The van der Waals surface area contributed by atoms with Crippen molar-refractivity contribution < 1.29 is 29.0 Å². The van der Waals surface area contributed by atoms with Crippen LogP contribution in [0.15, 0.2) is 36.4 Å². The molecule has 0 amide bonds. The summed E-state index contributed by atoms with van der Waals surface area (Å²) in [5, 5.41) is 9.24. The maximum atomic E-state index is 12.8. The van der Waals surface area contributed by atoms with Gasteiger partial charge < -0.3 is 19.1 Å². The third kappa shape index (κ3) is 4.14. The number of hydrogen-bond acceptors (Lipinski definition) is 5. The summed E-state index contributed by atoms with van der Waals surface area (Å²) in [6.07, 6.45) is -0.381. The SMILES string of the molecule is CC(Cl)OC(=O)OCc1ccc(C(=O)c2ccc3n2CCC3C(=O)O)cc1. The molecular weight excluding hydrogens is 374 g/mol. The minimum absolute atomic E-state index is 0.00225. The molecule has 0 fully saturated rings. The lowest BCUT2D eigenvalue weighted by atomic mass is 10.0. The van der Waals surface area contributed by atoms with Gasteiger partial charge in [0.15, 0.2) is 5.56 Å². The summed E-state index contributed by atoms with van der Waals surface area (Å²) in [5.74, 6) is -1.63. The van der Waals surface area contributed by atoms with Gasteiger partial charge in [0.1, 0.15) is 6.61 Å². The molecule has 8 heteroatoms. The van der Waals surface area contributed by atoms with Gasteiger partial charge in [0.05, 0.1) is 11.6 Å². The molecule has 27 heavy (non-hydrogen) atoms. The minimum Gasteiger partial charge on any atom is -0.481 e. The van der Waals surface area contributed by atoms with E-state index >= 15 is 0 Å². The Kier molecular flexibility index (Phi) is 5.51. The summed E-state index contributed by atoms with van der Waals surface area (Å²) < 4.78 is 11.3. The van der Waals surface area contributed by atoms with Crippen molar-refractivity contribution in [1.29, 1.82) is 0 Å². The van der Waals surface area contributed by atoms with Crippen LogP contribution in [0.1, 0.15) is 46.6 Å². The summed E-state index contributed by atoms with van der Waals surface area (Å²) in [4.78, 5) is 35.3. The lowest BCUT2D eigenvalue weighted by Crippen LogP contribution is -2.11. The molecular formula is C19H18ClNO6. The summed E-state index contributed by atoms with van der Waals surface area (Å²) in [6.45, 7) is 2.01. The molecule has 1 aromatic carbocycles. The number of alkyl halides is 1. The zero-order chi connectivity index (χ0) is 19.6. The van der Waals surface area contributed by atoms with Gasteiger partial charge in [-0.05, 0) is 31.0 Å². The molecule has 1 aromatic heterocycles. The van der Waals surface area contributed by atoms with Crippen molar-refractivity contribution in [2.75, 3.05) is 0 Å². The van der Waals surface area contributed by atoms with Crippen molar-refractivity contribution in [2.24, 2.45) is 0 Å². The Morgan fingerprint density at radius 3 is 2.56 bits per heavy atom. The van der Waals surface area contributed by atoms with E-state index in [2.05, 4.69) is 4.74 Å². The van der Waals surface area contributed by atoms with Crippen LogP contribution in [0.3, 0.4) is 0 Å². The van der Waals surface area contributed by atoms with Crippen molar-refractivity contribution in [3.8, 4) is 0 Å². The number of aliphatic carboxylic acids is 1. The summed E-state index contributed by atoms with van der Waals surface area (Å²) in [7, 11) is 0. The predicted molar refractivity (Wildman–Crippen MR) is 95.9 cm³/mol. The molecule has 142 valence electrons. The molecule has 7 nitrogen and oxygen atoms in total. The summed E-state index contributed by atoms with van der Waals surface area (Å²) in [6, 6.07) is 10.00. The molecule has 1 aliphatic heterocycles. The van der Waals surface area contributed by atoms with E-state index in [1.54, 1.807) is 41.0 Å². The van der Waals surface area contributed by atoms with Crippen LogP contribution < -0.4 is 0 Å². The number of carbonyl (C=O) groups excluding carboxylic acids is 2. The van der Waals surface area contributed by atoms with E-state index in [0.29, 0.717) is 35.5 Å². The molecule has 2 atom stereocenters. The number of nitrogens with zero attached hydrogens (tertiary/aromatic N) is 1. The van der Waals surface area contributed by atoms with Crippen LogP contribution in [0, 0.1) is 0 Å². The molecule has 0 aliphatic carbocycles. The number of halogens is 1. The van der Waals surface area contributed by atoms with Gasteiger partial charge in [0, 0.05) is 17.8 Å². The van der Waals surface area contributed by atoms with Crippen molar-refractivity contribution in [1.82, 2.24) is 4.57 Å². The van der Waals surface area contributed by atoms with Crippen molar-refractivity contribution >= 4 is 29.5 Å². The third-order valence-corrected chi connectivity index (χ3v) is 4.46. The van der Waals surface area contributed by atoms with Gasteiger partial charge in [0.2, 0.25) is 5.78 Å². The highest BCUT2D eigenvalue weighted by atomic mass is 35.5. The molecule has 2 heterocycles. The Balaban J connectivity index is 1.68. The van der Waals surface area contributed by atoms with E-state index in [9.17, 15) is 19.5 Å². The molecule has 2 unspecified atom stereocenters. The third-order valence-electron chi connectivity index (χ3n) is 4.38. The van der Waals surface area contributed by atoms with E-state index in [1.165, 1.54) is 6.92 Å². The average Bonchev–Trinajstić information content (AvgIpc) is 3.21. The molecule has 0 bridgehead atoms. The van der Waals surface area contributed by atoms with Crippen LogP contribution in [-0.2, 0) is 27.4 Å². The number of carboxylic acids is 1. The first-order chi connectivity index (χ1) is 12.9. The van der Waals surface area contributed by atoms with Gasteiger partial charge in [-0.2, -0.15) is 0 Å². The molecule has 0 saturated heterocycles. The second-order valence-corrected chi connectivity index (χ2v) is 6.81. The first kappa shape index (κ1) is 19.0. The van der Waals surface area contributed by atoms with E-state index in [4.69, 9.17) is 16.3 Å². The Bertz CT molecular complexity index is 871. The van der Waals surface area contributed by atoms with Gasteiger partial charge in [-0.1, -0.05) is 35.9 Å². The van der Waals surface area contributed by atoms with E-state index < -0.39 is 23.6 Å². The van der Waals surface area contributed by atoms with Crippen LogP contribution in [0.25, 0.3) is 0 Å². The molecule has 1 N–H and O–H groups in total. The Morgan fingerprint density at radius 1 is 1.22 bits per heavy atom. The average molecular weight is 392 g/mol. The Hall–Kier alpha value is -2.80. The van der Waals surface area contributed by atoms with E-state index in [-0.39, 0.29) is 12.4 Å². The van der Waals surface area contributed by atoms with Gasteiger partial charge >= 0.3 is 12.1 Å². The maximum Gasteiger partial charge on any atom is 0.510 e. The molecule has 3 rings (SSSR count). The zero-order valence-corrected chi connectivity index (χ0v) is 15.3. The number of ether oxygens (including phenoxy) is 2. The number of carboxylic acid groups (broad SMARTS) is 1. The highest BCUT2D eigenvalue weighted by molar-refractivity contribution is 6.19. The summed E-state index contributed by atoms with van der Waals surface area (Å²) >= 11 is 5.53. The second-order valence-electron chi connectivity index (χ2n) is 6.20. The molecule has 0 spiro atoms. The number of carbonyl (C=O) groups is 3. The number of ketones is 1. The van der Waals surface area contributed by atoms with E-state index in [1.807, 2.05) is 0 Å². The van der Waals surface area contributed by atoms with Gasteiger partial charge in [-0.15, -0.1) is 0 Å². The summed E-state index contributed by atoms with van der Waals surface area (Å²) in [5.41, 5.74) is 1.51. The fourth-order valence-electron chi connectivity index (χ4n) is 3.10. The number of rotatable bonds is 6. The predicted octanol–water partition coefficient (Wildman–Crippen LogP) is 3.53. The molecule has 0 radical (unpaired) electrons. The normalized spacial score (nSPS) is 16.4. The largest absolute Gasteiger partial charge is 0.510 e. The Morgan fingerprint density at radius 2 is 1.93 bits per heavy atom. The lowest BCUT2D eigenvalue weighted by Gasteiger charge is -2.08. The first-order valence-electron chi connectivity index (χ1n) is 8.40. The van der Waals surface area contributed by atoms with Crippen LogP contribution in [0.5, 0.6) is 0 Å². The topological polar surface area (TPSA) is 94.8 Å². The molecule has 2 aromatic rings. The lowest BCUT2D eigenvalue weighted by molar-refractivity contribution is -0.138. The molecule has 0 saturated carbocycles. The number of hydrogen-bond donors (Lipinski definition) is 1. The Labute approximate surface area is 160 Å². The van der Waals surface area contributed by atoms with Gasteiger partial charge in [-0.25, -0.2) is 4.79 Å².